The smallest absolute Gasteiger partial charge is 0.303 e. The van der Waals surface area contributed by atoms with Gasteiger partial charge in [-0.25, -0.2) is 0 Å². The molecule has 0 amide bonds. The van der Waals surface area contributed by atoms with Gasteiger partial charge in [-0.2, -0.15) is 0 Å². The largest absolute Gasteiger partial charge is 0.481 e. The van der Waals surface area contributed by atoms with Crippen LogP contribution in [0, 0.1) is 0 Å². The van der Waals surface area contributed by atoms with Crippen LogP contribution in [0.15, 0.2) is 0 Å². The number of aliphatic hydroxyl groups excluding tert-OH is 3. The van der Waals surface area contributed by atoms with E-state index in [0.29, 0.717) is 25.7 Å². The fourth-order valence-corrected chi connectivity index (χ4v) is 2.73. The third kappa shape index (κ3) is 16.0. The molecular formula is C18H36O5. The van der Waals surface area contributed by atoms with Gasteiger partial charge in [0.05, 0.1) is 18.3 Å². The first-order chi connectivity index (χ1) is 11.0. The minimum atomic E-state index is -0.757. The van der Waals surface area contributed by atoms with E-state index in [9.17, 15) is 20.1 Å². The minimum Gasteiger partial charge on any atom is -0.481 e. The van der Waals surface area contributed by atoms with E-state index in [-0.39, 0.29) is 12.5 Å². The van der Waals surface area contributed by atoms with Crippen molar-refractivity contribution in [2.24, 2.45) is 0 Å². The summed E-state index contributed by atoms with van der Waals surface area (Å²) >= 11 is 0. The summed E-state index contributed by atoms with van der Waals surface area (Å²) in [4.78, 5) is 10.4. The Bertz CT molecular complexity index is 283. The van der Waals surface area contributed by atoms with Crippen molar-refractivity contribution >= 4 is 5.97 Å². The predicted octanol–water partition coefficient (Wildman–Crippen LogP) is 3.24. The van der Waals surface area contributed by atoms with Crippen molar-refractivity contribution in [3.63, 3.8) is 0 Å². The maximum atomic E-state index is 10.4. The number of hydrogen-bond donors (Lipinski definition) is 4. The van der Waals surface area contributed by atoms with E-state index in [1.54, 1.807) is 0 Å². The van der Waals surface area contributed by atoms with E-state index < -0.39 is 18.2 Å². The Kier molecular flexibility index (Phi) is 14.5. The van der Waals surface area contributed by atoms with Crippen LogP contribution < -0.4 is 0 Å². The maximum absolute atomic E-state index is 10.4. The molecule has 0 saturated carbocycles. The van der Waals surface area contributed by atoms with Crippen LogP contribution in [0.1, 0.15) is 90.4 Å². The summed E-state index contributed by atoms with van der Waals surface area (Å²) < 4.78 is 0. The Morgan fingerprint density at radius 1 is 0.739 bits per heavy atom. The lowest BCUT2D eigenvalue weighted by molar-refractivity contribution is -0.137. The second kappa shape index (κ2) is 14.9. The first-order valence-electron chi connectivity index (χ1n) is 9.21. The van der Waals surface area contributed by atoms with Gasteiger partial charge in [0.2, 0.25) is 0 Å². The normalized spacial score (nSPS) is 15.3. The topological polar surface area (TPSA) is 98.0 Å². The molecule has 0 rings (SSSR count). The van der Waals surface area contributed by atoms with Crippen molar-refractivity contribution in [3.8, 4) is 0 Å². The quantitative estimate of drug-likeness (QED) is 0.325. The monoisotopic (exact) mass is 332 g/mol. The summed E-state index contributed by atoms with van der Waals surface area (Å²) in [6, 6.07) is 0. The van der Waals surface area contributed by atoms with Gasteiger partial charge < -0.3 is 20.4 Å². The Hall–Kier alpha value is -0.650. The highest BCUT2D eigenvalue weighted by atomic mass is 16.4. The summed E-state index contributed by atoms with van der Waals surface area (Å²) in [7, 11) is 0. The zero-order chi connectivity index (χ0) is 17.5. The molecule has 0 aromatic heterocycles. The Balaban J connectivity index is 3.50. The molecule has 0 aromatic carbocycles. The van der Waals surface area contributed by atoms with Crippen LogP contribution in [0.25, 0.3) is 0 Å². The number of carboxylic acids is 1. The zero-order valence-electron chi connectivity index (χ0n) is 14.6. The molecular weight excluding hydrogens is 296 g/mol. The standard InChI is InChI=1S/C18H36O5/c1-2-3-9-15(19)11-8-12-17(21)14-16(20)10-6-4-5-7-13-18(22)23/h15-17,19-21H,2-14H2,1H3,(H,22,23). The number of aliphatic carboxylic acids is 1. The molecule has 0 heterocycles. The first-order valence-corrected chi connectivity index (χ1v) is 9.21. The van der Waals surface area contributed by atoms with E-state index in [2.05, 4.69) is 6.92 Å². The Morgan fingerprint density at radius 3 is 1.87 bits per heavy atom. The van der Waals surface area contributed by atoms with Crippen molar-refractivity contribution in [2.75, 3.05) is 0 Å². The number of rotatable bonds is 16. The van der Waals surface area contributed by atoms with Crippen molar-refractivity contribution < 1.29 is 25.2 Å². The second-order valence-corrected chi connectivity index (χ2v) is 6.62. The molecule has 5 heteroatoms. The van der Waals surface area contributed by atoms with Gasteiger partial charge in [-0.3, -0.25) is 4.79 Å². The SMILES string of the molecule is CCCCC(O)CCCC(O)CC(O)CCCCCCC(=O)O. The average molecular weight is 332 g/mol. The summed E-state index contributed by atoms with van der Waals surface area (Å²) in [5, 5.41) is 38.0. The van der Waals surface area contributed by atoms with Crippen LogP contribution in [0.5, 0.6) is 0 Å². The number of carbonyl (C=O) groups is 1. The Labute approximate surface area is 140 Å². The lowest BCUT2D eigenvalue weighted by atomic mass is 9.99. The van der Waals surface area contributed by atoms with E-state index >= 15 is 0 Å². The van der Waals surface area contributed by atoms with Crippen LogP contribution in [0.3, 0.4) is 0 Å². The average Bonchev–Trinajstić information content (AvgIpc) is 2.48. The van der Waals surface area contributed by atoms with Gasteiger partial charge in [-0.15, -0.1) is 0 Å². The van der Waals surface area contributed by atoms with Gasteiger partial charge in [-0.05, 0) is 44.9 Å². The molecule has 0 aromatic rings. The van der Waals surface area contributed by atoms with Crippen LogP contribution in [-0.2, 0) is 4.79 Å². The van der Waals surface area contributed by atoms with Gasteiger partial charge in [0, 0.05) is 6.42 Å². The number of hydrogen-bond acceptors (Lipinski definition) is 4. The molecule has 0 fully saturated rings. The third-order valence-corrected chi connectivity index (χ3v) is 4.19. The second-order valence-electron chi connectivity index (χ2n) is 6.62. The van der Waals surface area contributed by atoms with Crippen LogP contribution >= 0.6 is 0 Å². The molecule has 0 radical (unpaired) electrons. The lowest BCUT2D eigenvalue weighted by Gasteiger charge is -2.16. The van der Waals surface area contributed by atoms with Gasteiger partial charge >= 0.3 is 5.97 Å². The fourth-order valence-electron chi connectivity index (χ4n) is 2.73. The summed E-state index contributed by atoms with van der Waals surface area (Å²) in [6.45, 7) is 2.10. The molecule has 0 aliphatic rings. The molecule has 23 heavy (non-hydrogen) atoms. The number of carboxylic acid groups (broad SMARTS) is 1. The van der Waals surface area contributed by atoms with Crippen LogP contribution in [0.2, 0.25) is 0 Å². The predicted molar refractivity (Wildman–Crippen MR) is 91.4 cm³/mol. The highest BCUT2D eigenvalue weighted by molar-refractivity contribution is 5.66. The highest BCUT2D eigenvalue weighted by Gasteiger charge is 2.12. The van der Waals surface area contributed by atoms with Gasteiger partial charge in [0.15, 0.2) is 0 Å². The minimum absolute atomic E-state index is 0.214. The molecule has 0 aliphatic heterocycles. The zero-order valence-corrected chi connectivity index (χ0v) is 14.6. The number of aliphatic hydroxyl groups is 3. The van der Waals surface area contributed by atoms with Crippen molar-refractivity contribution in [2.45, 2.75) is 109 Å². The van der Waals surface area contributed by atoms with Crippen LogP contribution in [0.4, 0.5) is 0 Å². The molecule has 3 atom stereocenters. The van der Waals surface area contributed by atoms with Gasteiger partial charge in [0.25, 0.3) is 0 Å². The first kappa shape index (κ1) is 22.4. The molecule has 0 spiro atoms. The van der Waals surface area contributed by atoms with E-state index in [0.717, 1.165) is 51.4 Å². The molecule has 0 saturated heterocycles. The molecule has 0 bridgehead atoms. The fraction of sp³-hybridized carbons (Fsp3) is 0.944. The van der Waals surface area contributed by atoms with Gasteiger partial charge in [0.1, 0.15) is 0 Å². The van der Waals surface area contributed by atoms with Crippen LogP contribution in [-0.4, -0.2) is 44.7 Å². The molecule has 4 N–H and O–H groups in total. The third-order valence-electron chi connectivity index (χ3n) is 4.19. The van der Waals surface area contributed by atoms with Crippen molar-refractivity contribution in [3.05, 3.63) is 0 Å². The highest BCUT2D eigenvalue weighted by Crippen LogP contribution is 2.15. The van der Waals surface area contributed by atoms with Gasteiger partial charge in [-0.1, -0.05) is 39.0 Å². The maximum Gasteiger partial charge on any atom is 0.303 e. The van der Waals surface area contributed by atoms with Crippen molar-refractivity contribution in [1.29, 1.82) is 0 Å². The summed E-state index contributed by atoms with van der Waals surface area (Å²) in [5.41, 5.74) is 0. The van der Waals surface area contributed by atoms with E-state index in [4.69, 9.17) is 5.11 Å². The van der Waals surface area contributed by atoms with E-state index in [1.807, 2.05) is 0 Å². The Morgan fingerprint density at radius 2 is 1.26 bits per heavy atom. The lowest BCUT2D eigenvalue weighted by Crippen LogP contribution is -2.18. The number of unbranched alkanes of at least 4 members (excludes halogenated alkanes) is 4. The van der Waals surface area contributed by atoms with E-state index in [1.165, 1.54) is 0 Å². The molecule has 5 nitrogen and oxygen atoms in total. The molecule has 138 valence electrons. The molecule has 0 aliphatic carbocycles. The molecule has 3 unspecified atom stereocenters. The van der Waals surface area contributed by atoms with Crippen molar-refractivity contribution in [1.82, 2.24) is 0 Å². The summed E-state index contributed by atoms with van der Waals surface area (Å²) in [5.74, 6) is -0.757. The summed E-state index contributed by atoms with van der Waals surface area (Å²) in [6.07, 6.45) is 8.42.